The van der Waals surface area contributed by atoms with Gasteiger partial charge in [-0.15, -0.1) is 0 Å². The highest BCUT2D eigenvalue weighted by Crippen LogP contribution is 2.16. The van der Waals surface area contributed by atoms with Gasteiger partial charge in [0.1, 0.15) is 17.2 Å². The number of methoxy groups -OCH3 is 1. The molecule has 1 amide bonds. The molecule has 0 fully saturated rings. The first-order valence-electron chi connectivity index (χ1n) is 9.51. The van der Waals surface area contributed by atoms with Gasteiger partial charge in [-0.3, -0.25) is 4.79 Å². The van der Waals surface area contributed by atoms with Gasteiger partial charge in [0.2, 0.25) is 0 Å². The van der Waals surface area contributed by atoms with Crippen LogP contribution in [0.5, 0.6) is 17.2 Å². The summed E-state index contributed by atoms with van der Waals surface area (Å²) in [5.74, 6) is 0.832. The van der Waals surface area contributed by atoms with E-state index in [4.69, 9.17) is 14.2 Å². The fourth-order valence-corrected chi connectivity index (χ4v) is 2.51. The average molecular weight is 418 g/mol. The second kappa shape index (κ2) is 10.6. The molecule has 0 aromatic heterocycles. The molecule has 3 aromatic rings. The molecule has 0 unspecified atom stereocenters. The van der Waals surface area contributed by atoms with Crippen molar-refractivity contribution in [3.05, 3.63) is 89.5 Å². The molecule has 7 heteroatoms. The molecule has 0 aliphatic heterocycles. The third-order valence-electron chi connectivity index (χ3n) is 4.21. The van der Waals surface area contributed by atoms with E-state index in [-0.39, 0.29) is 12.5 Å². The third kappa shape index (κ3) is 6.71. The Kier molecular flexibility index (Phi) is 7.37. The number of hydrogen-bond acceptors (Lipinski definition) is 6. The van der Waals surface area contributed by atoms with Crippen LogP contribution in [0.2, 0.25) is 0 Å². The number of amides is 1. The van der Waals surface area contributed by atoms with E-state index in [1.165, 1.54) is 6.21 Å². The Morgan fingerprint density at radius 3 is 2.13 bits per heavy atom. The number of carbonyl (C=O) groups excluding carboxylic acids is 2. The van der Waals surface area contributed by atoms with E-state index in [1.54, 1.807) is 67.8 Å². The lowest BCUT2D eigenvalue weighted by Crippen LogP contribution is -2.24. The lowest BCUT2D eigenvalue weighted by Gasteiger charge is -2.06. The minimum Gasteiger partial charge on any atom is -0.497 e. The summed E-state index contributed by atoms with van der Waals surface area (Å²) < 4.78 is 15.8. The number of hydrogen-bond donors (Lipinski definition) is 1. The number of esters is 1. The first-order valence-corrected chi connectivity index (χ1v) is 9.51. The van der Waals surface area contributed by atoms with Gasteiger partial charge in [-0.1, -0.05) is 17.7 Å². The average Bonchev–Trinajstić information content (AvgIpc) is 2.80. The largest absolute Gasteiger partial charge is 0.497 e. The summed E-state index contributed by atoms with van der Waals surface area (Å²) in [5.41, 5.74) is 4.66. The summed E-state index contributed by atoms with van der Waals surface area (Å²) in [5, 5.41) is 3.90. The van der Waals surface area contributed by atoms with Crippen LogP contribution in [0.3, 0.4) is 0 Å². The molecule has 0 spiro atoms. The smallest absolute Gasteiger partial charge is 0.343 e. The molecule has 31 heavy (non-hydrogen) atoms. The third-order valence-corrected chi connectivity index (χ3v) is 4.21. The molecule has 0 saturated heterocycles. The van der Waals surface area contributed by atoms with Gasteiger partial charge in [0.05, 0.1) is 18.9 Å². The van der Waals surface area contributed by atoms with E-state index in [0.717, 1.165) is 11.1 Å². The zero-order chi connectivity index (χ0) is 22.1. The van der Waals surface area contributed by atoms with E-state index < -0.39 is 5.97 Å². The SMILES string of the molecule is COc1ccc(C(=O)Oc2ccc(/C=N/NC(=O)COc3ccc(C)cc3)cc2)cc1. The lowest BCUT2D eigenvalue weighted by atomic mass is 10.2. The zero-order valence-electron chi connectivity index (χ0n) is 17.2. The number of aryl methyl sites for hydroxylation is 1. The van der Waals surface area contributed by atoms with E-state index >= 15 is 0 Å². The van der Waals surface area contributed by atoms with Crippen molar-refractivity contribution in [2.45, 2.75) is 6.92 Å². The molecule has 3 aromatic carbocycles. The fourth-order valence-electron chi connectivity index (χ4n) is 2.51. The van der Waals surface area contributed by atoms with Crippen molar-refractivity contribution in [1.29, 1.82) is 0 Å². The second-order valence-electron chi connectivity index (χ2n) is 6.58. The number of rotatable bonds is 8. The van der Waals surface area contributed by atoms with E-state index in [0.29, 0.717) is 22.8 Å². The predicted octanol–water partition coefficient (Wildman–Crippen LogP) is 3.75. The Bertz CT molecular complexity index is 1040. The number of hydrazone groups is 1. The van der Waals surface area contributed by atoms with Gasteiger partial charge in [-0.2, -0.15) is 5.10 Å². The van der Waals surface area contributed by atoms with Crippen molar-refractivity contribution < 1.29 is 23.8 Å². The van der Waals surface area contributed by atoms with Crippen LogP contribution in [-0.4, -0.2) is 31.8 Å². The van der Waals surface area contributed by atoms with Crippen molar-refractivity contribution in [2.24, 2.45) is 5.10 Å². The van der Waals surface area contributed by atoms with Crippen molar-refractivity contribution in [3.63, 3.8) is 0 Å². The number of nitrogens with zero attached hydrogens (tertiary/aromatic N) is 1. The summed E-state index contributed by atoms with van der Waals surface area (Å²) in [6, 6.07) is 20.8. The van der Waals surface area contributed by atoms with Crippen molar-refractivity contribution >= 4 is 18.1 Å². The molecule has 0 aliphatic rings. The minimum absolute atomic E-state index is 0.138. The van der Waals surface area contributed by atoms with Crippen LogP contribution < -0.4 is 19.6 Å². The highest BCUT2D eigenvalue weighted by Gasteiger charge is 2.08. The summed E-state index contributed by atoms with van der Waals surface area (Å²) >= 11 is 0. The second-order valence-corrected chi connectivity index (χ2v) is 6.58. The Morgan fingerprint density at radius 2 is 1.48 bits per heavy atom. The Morgan fingerprint density at radius 1 is 0.871 bits per heavy atom. The van der Waals surface area contributed by atoms with Crippen LogP contribution in [0.25, 0.3) is 0 Å². The highest BCUT2D eigenvalue weighted by molar-refractivity contribution is 5.91. The topological polar surface area (TPSA) is 86.2 Å². The first-order chi connectivity index (χ1) is 15.0. The fraction of sp³-hybridized carbons (Fsp3) is 0.125. The molecule has 0 bridgehead atoms. The molecule has 3 rings (SSSR count). The van der Waals surface area contributed by atoms with Crippen LogP contribution in [-0.2, 0) is 4.79 Å². The molecule has 0 atom stereocenters. The van der Waals surface area contributed by atoms with Gasteiger partial charge >= 0.3 is 5.97 Å². The maximum absolute atomic E-state index is 12.2. The van der Waals surface area contributed by atoms with Crippen LogP contribution in [0, 0.1) is 6.92 Å². The molecule has 0 radical (unpaired) electrons. The normalized spacial score (nSPS) is 10.5. The standard InChI is InChI=1S/C24H22N2O5/c1-17-3-9-21(10-4-17)30-16-23(27)26-25-15-18-5-11-22(12-6-18)31-24(28)19-7-13-20(29-2)14-8-19/h3-15H,16H2,1-2H3,(H,26,27)/b25-15+. The summed E-state index contributed by atoms with van der Waals surface area (Å²) in [7, 11) is 1.56. The summed E-state index contributed by atoms with van der Waals surface area (Å²) in [4.78, 5) is 24.0. The maximum atomic E-state index is 12.2. The van der Waals surface area contributed by atoms with E-state index in [9.17, 15) is 9.59 Å². The quantitative estimate of drug-likeness (QED) is 0.261. The zero-order valence-corrected chi connectivity index (χ0v) is 17.2. The molecule has 1 N–H and O–H groups in total. The van der Waals surface area contributed by atoms with Crippen molar-refractivity contribution in [3.8, 4) is 17.2 Å². The van der Waals surface area contributed by atoms with E-state index in [1.807, 2.05) is 19.1 Å². The van der Waals surface area contributed by atoms with Crippen LogP contribution in [0.1, 0.15) is 21.5 Å². The van der Waals surface area contributed by atoms with Gasteiger partial charge in [0.25, 0.3) is 5.91 Å². The molecule has 7 nitrogen and oxygen atoms in total. The van der Waals surface area contributed by atoms with Crippen LogP contribution in [0.15, 0.2) is 77.9 Å². The Balaban J connectivity index is 1.45. The van der Waals surface area contributed by atoms with Gasteiger partial charge in [0.15, 0.2) is 6.61 Å². The van der Waals surface area contributed by atoms with Gasteiger partial charge < -0.3 is 14.2 Å². The minimum atomic E-state index is -0.468. The van der Waals surface area contributed by atoms with Gasteiger partial charge in [-0.25, -0.2) is 10.2 Å². The number of nitrogens with one attached hydrogen (secondary N) is 1. The number of carbonyl (C=O) groups is 2. The van der Waals surface area contributed by atoms with Crippen LogP contribution >= 0.6 is 0 Å². The van der Waals surface area contributed by atoms with E-state index in [2.05, 4.69) is 10.5 Å². The van der Waals surface area contributed by atoms with Crippen molar-refractivity contribution in [2.75, 3.05) is 13.7 Å². The summed E-state index contributed by atoms with van der Waals surface area (Å²) in [6.45, 7) is 1.84. The van der Waals surface area contributed by atoms with Crippen LogP contribution in [0.4, 0.5) is 0 Å². The van der Waals surface area contributed by atoms with Gasteiger partial charge in [0, 0.05) is 0 Å². The monoisotopic (exact) mass is 418 g/mol. The molecule has 158 valence electrons. The predicted molar refractivity (Wildman–Crippen MR) is 117 cm³/mol. The Hall–Kier alpha value is -4.13. The van der Waals surface area contributed by atoms with Gasteiger partial charge in [-0.05, 0) is 73.2 Å². The first kappa shape index (κ1) is 21.6. The molecule has 0 heterocycles. The number of ether oxygens (including phenoxy) is 3. The number of benzene rings is 3. The lowest BCUT2D eigenvalue weighted by molar-refractivity contribution is -0.123. The van der Waals surface area contributed by atoms with Crippen molar-refractivity contribution in [1.82, 2.24) is 5.43 Å². The summed E-state index contributed by atoms with van der Waals surface area (Å²) in [6.07, 6.45) is 1.48. The molecule has 0 aliphatic carbocycles. The highest BCUT2D eigenvalue weighted by atomic mass is 16.5. The molecular formula is C24H22N2O5. The molecular weight excluding hydrogens is 396 g/mol. The Labute approximate surface area is 180 Å². The molecule has 0 saturated carbocycles. The maximum Gasteiger partial charge on any atom is 0.343 e.